The van der Waals surface area contributed by atoms with Gasteiger partial charge in [0, 0.05) is 19.0 Å². The normalized spacial score (nSPS) is 12.8. The van der Waals surface area contributed by atoms with Crippen LogP contribution in [0.3, 0.4) is 0 Å². The van der Waals surface area contributed by atoms with Crippen LogP contribution in [0.4, 0.5) is 0 Å². The van der Waals surface area contributed by atoms with Crippen LogP contribution in [-0.2, 0) is 11.2 Å². The first-order valence-corrected chi connectivity index (χ1v) is 7.91. The van der Waals surface area contributed by atoms with Gasteiger partial charge in [-0.3, -0.25) is 9.69 Å². The molecule has 2 rings (SSSR count). The second-order valence-electron chi connectivity index (χ2n) is 6.02. The monoisotopic (exact) mass is 302 g/mol. The van der Waals surface area contributed by atoms with Gasteiger partial charge in [-0.05, 0) is 38.9 Å². The Morgan fingerprint density at radius 3 is 2.91 bits per heavy atom. The SMILES string of the molecule is CC[C@@H](C)NC(=O)CN(C)CCc1nc2c(C)cccc2[nH]1. The van der Waals surface area contributed by atoms with Gasteiger partial charge in [0.15, 0.2) is 0 Å². The standard InChI is InChI=1S/C17H26N4O/c1-5-13(3)18-16(22)11-21(4)10-9-15-19-14-8-6-7-12(2)17(14)20-15/h6-8,13H,5,9-11H2,1-4H3,(H,18,22)(H,19,20)/t13-/m1/s1. The van der Waals surface area contributed by atoms with E-state index in [4.69, 9.17) is 0 Å². The van der Waals surface area contributed by atoms with E-state index in [2.05, 4.69) is 35.2 Å². The van der Waals surface area contributed by atoms with Crippen LogP contribution in [-0.4, -0.2) is 47.0 Å². The number of benzene rings is 1. The van der Waals surface area contributed by atoms with Crippen molar-refractivity contribution in [2.24, 2.45) is 0 Å². The number of nitrogens with zero attached hydrogens (tertiary/aromatic N) is 2. The van der Waals surface area contributed by atoms with Gasteiger partial charge in [-0.1, -0.05) is 19.1 Å². The highest BCUT2D eigenvalue weighted by molar-refractivity contribution is 5.79. The third-order valence-corrected chi connectivity index (χ3v) is 3.93. The summed E-state index contributed by atoms with van der Waals surface area (Å²) in [7, 11) is 1.96. The summed E-state index contributed by atoms with van der Waals surface area (Å²) in [6, 6.07) is 6.38. The number of aryl methyl sites for hydroxylation is 1. The molecular weight excluding hydrogens is 276 g/mol. The Morgan fingerprint density at radius 2 is 2.23 bits per heavy atom. The zero-order valence-electron chi connectivity index (χ0n) is 13.9. The average Bonchev–Trinajstić information content (AvgIpc) is 2.89. The van der Waals surface area contributed by atoms with Crippen LogP contribution >= 0.6 is 0 Å². The van der Waals surface area contributed by atoms with E-state index >= 15 is 0 Å². The van der Waals surface area contributed by atoms with Crippen molar-refractivity contribution >= 4 is 16.9 Å². The maximum absolute atomic E-state index is 11.8. The summed E-state index contributed by atoms with van der Waals surface area (Å²) in [5, 5.41) is 2.98. The molecule has 0 bridgehead atoms. The van der Waals surface area contributed by atoms with Crippen LogP contribution in [0.1, 0.15) is 31.7 Å². The maximum Gasteiger partial charge on any atom is 0.234 e. The molecule has 0 spiro atoms. The van der Waals surface area contributed by atoms with E-state index in [0.29, 0.717) is 6.54 Å². The van der Waals surface area contributed by atoms with Crippen molar-refractivity contribution in [3.8, 4) is 0 Å². The lowest BCUT2D eigenvalue weighted by atomic mass is 10.2. The minimum absolute atomic E-state index is 0.0808. The zero-order valence-corrected chi connectivity index (χ0v) is 13.9. The maximum atomic E-state index is 11.8. The van der Waals surface area contributed by atoms with Crippen molar-refractivity contribution in [2.75, 3.05) is 20.1 Å². The van der Waals surface area contributed by atoms with E-state index in [1.54, 1.807) is 0 Å². The average molecular weight is 302 g/mol. The second kappa shape index (κ2) is 7.40. The van der Waals surface area contributed by atoms with Gasteiger partial charge in [0.25, 0.3) is 0 Å². The summed E-state index contributed by atoms with van der Waals surface area (Å²) in [4.78, 5) is 21.9. The molecule has 0 aliphatic carbocycles. The summed E-state index contributed by atoms with van der Waals surface area (Å²) in [6.07, 6.45) is 1.76. The Morgan fingerprint density at radius 1 is 1.45 bits per heavy atom. The molecule has 2 aromatic rings. The first kappa shape index (κ1) is 16.5. The van der Waals surface area contributed by atoms with E-state index in [0.717, 1.165) is 36.2 Å². The number of rotatable bonds is 7. The highest BCUT2D eigenvalue weighted by Crippen LogP contribution is 2.15. The Labute approximate surface area is 132 Å². The van der Waals surface area contributed by atoms with Gasteiger partial charge in [-0.15, -0.1) is 0 Å². The molecule has 5 heteroatoms. The van der Waals surface area contributed by atoms with Gasteiger partial charge in [-0.25, -0.2) is 4.98 Å². The van der Waals surface area contributed by atoms with Crippen molar-refractivity contribution in [3.05, 3.63) is 29.6 Å². The minimum Gasteiger partial charge on any atom is -0.353 e. The number of imidazole rings is 1. The first-order valence-electron chi connectivity index (χ1n) is 7.91. The summed E-state index contributed by atoms with van der Waals surface area (Å²) in [5.74, 6) is 1.05. The smallest absolute Gasteiger partial charge is 0.234 e. The van der Waals surface area contributed by atoms with Crippen LogP contribution in [0.2, 0.25) is 0 Å². The van der Waals surface area contributed by atoms with Crippen LogP contribution in [0.25, 0.3) is 11.0 Å². The van der Waals surface area contributed by atoms with E-state index in [1.807, 2.05) is 31.0 Å². The number of aromatic amines is 1. The minimum atomic E-state index is 0.0808. The van der Waals surface area contributed by atoms with Gasteiger partial charge in [0.2, 0.25) is 5.91 Å². The number of para-hydroxylation sites is 1. The number of carbonyl (C=O) groups excluding carboxylic acids is 1. The second-order valence-corrected chi connectivity index (χ2v) is 6.02. The van der Waals surface area contributed by atoms with Crippen LogP contribution in [0, 0.1) is 6.92 Å². The number of nitrogens with one attached hydrogen (secondary N) is 2. The fourth-order valence-corrected chi connectivity index (χ4v) is 2.39. The predicted molar refractivity (Wildman–Crippen MR) is 89.9 cm³/mol. The molecule has 1 atom stereocenters. The summed E-state index contributed by atoms with van der Waals surface area (Å²) < 4.78 is 0. The number of likely N-dealkylation sites (N-methyl/N-ethyl adjacent to an activating group) is 1. The number of carbonyl (C=O) groups is 1. The highest BCUT2D eigenvalue weighted by Gasteiger charge is 2.10. The molecule has 0 saturated carbocycles. The Bertz CT molecular complexity index is 635. The van der Waals surface area contributed by atoms with E-state index < -0.39 is 0 Å². The largest absolute Gasteiger partial charge is 0.353 e. The van der Waals surface area contributed by atoms with Gasteiger partial charge in [0.1, 0.15) is 5.82 Å². The van der Waals surface area contributed by atoms with Crippen molar-refractivity contribution in [1.29, 1.82) is 0 Å². The lowest BCUT2D eigenvalue weighted by Gasteiger charge is -2.17. The van der Waals surface area contributed by atoms with Gasteiger partial charge >= 0.3 is 0 Å². The molecule has 0 aliphatic heterocycles. The third-order valence-electron chi connectivity index (χ3n) is 3.93. The Balaban J connectivity index is 1.86. The first-order chi connectivity index (χ1) is 10.5. The molecule has 1 aromatic heterocycles. The van der Waals surface area contributed by atoms with E-state index in [-0.39, 0.29) is 11.9 Å². The number of hydrogen-bond donors (Lipinski definition) is 2. The summed E-state index contributed by atoms with van der Waals surface area (Å²) in [6.45, 7) is 7.38. The molecule has 0 radical (unpaired) electrons. The molecule has 0 aliphatic rings. The fraction of sp³-hybridized carbons (Fsp3) is 0.529. The molecule has 22 heavy (non-hydrogen) atoms. The van der Waals surface area contributed by atoms with Crippen LogP contribution in [0.5, 0.6) is 0 Å². The molecule has 5 nitrogen and oxygen atoms in total. The van der Waals surface area contributed by atoms with Crippen molar-refractivity contribution < 1.29 is 4.79 Å². The molecule has 0 unspecified atom stereocenters. The van der Waals surface area contributed by atoms with E-state index in [9.17, 15) is 4.79 Å². The number of hydrogen-bond acceptors (Lipinski definition) is 3. The lowest BCUT2D eigenvalue weighted by Crippen LogP contribution is -2.40. The molecule has 0 fully saturated rings. The molecule has 1 amide bonds. The van der Waals surface area contributed by atoms with Gasteiger partial charge in [-0.2, -0.15) is 0 Å². The summed E-state index contributed by atoms with van der Waals surface area (Å²) in [5.41, 5.74) is 3.29. The molecule has 1 aromatic carbocycles. The zero-order chi connectivity index (χ0) is 16.1. The predicted octanol–water partition coefficient (Wildman–Crippen LogP) is 2.26. The van der Waals surface area contributed by atoms with Crippen LogP contribution < -0.4 is 5.32 Å². The third kappa shape index (κ3) is 4.31. The van der Waals surface area contributed by atoms with Crippen molar-refractivity contribution in [3.63, 3.8) is 0 Å². The Kier molecular flexibility index (Phi) is 5.55. The number of H-pyrrole nitrogens is 1. The fourth-order valence-electron chi connectivity index (χ4n) is 2.39. The quantitative estimate of drug-likeness (QED) is 0.825. The molecule has 2 N–H and O–H groups in total. The number of aromatic nitrogens is 2. The number of fused-ring (bicyclic) bond motifs is 1. The van der Waals surface area contributed by atoms with Gasteiger partial charge in [0.05, 0.1) is 17.6 Å². The topological polar surface area (TPSA) is 61.0 Å². The van der Waals surface area contributed by atoms with Gasteiger partial charge < -0.3 is 10.3 Å². The number of amides is 1. The molecule has 120 valence electrons. The highest BCUT2D eigenvalue weighted by atomic mass is 16.2. The van der Waals surface area contributed by atoms with Crippen LogP contribution in [0.15, 0.2) is 18.2 Å². The van der Waals surface area contributed by atoms with E-state index in [1.165, 1.54) is 5.56 Å². The summed E-state index contributed by atoms with van der Waals surface area (Å²) >= 11 is 0. The van der Waals surface area contributed by atoms with Crippen molar-refractivity contribution in [1.82, 2.24) is 20.2 Å². The van der Waals surface area contributed by atoms with Crippen molar-refractivity contribution in [2.45, 2.75) is 39.7 Å². The molecular formula is C17H26N4O. The lowest BCUT2D eigenvalue weighted by molar-refractivity contribution is -0.122. The molecule has 1 heterocycles. The molecule has 0 saturated heterocycles. The Hall–Kier alpha value is -1.88.